The molecule has 96 valence electrons. The molecular weight excluding hydrogens is 216 g/mol. The summed E-state index contributed by atoms with van der Waals surface area (Å²) in [4.78, 5) is 25.4. The summed E-state index contributed by atoms with van der Waals surface area (Å²) in [5.41, 5.74) is 0. The van der Waals surface area contributed by atoms with E-state index in [2.05, 4.69) is 19.2 Å². The van der Waals surface area contributed by atoms with Crippen molar-refractivity contribution in [1.82, 2.24) is 10.2 Å². The molecule has 4 heteroatoms. The largest absolute Gasteiger partial charge is 0.343 e. The molecule has 0 bridgehead atoms. The van der Waals surface area contributed by atoms with E-state index in [0.29, 0.717) is 5.92 Å². The Kier molecular flexibility index (Phi) is 3.40. The Hall–Kier alpha value is -1.06. The van der Waals surface area contributed by atoms with E-state index in [9.17, 15) is 9.59 Å². The van der Waals surface area contributed by atoms with Crippen molar-refractivity contribution in [3.63, 3.8) is 0 Å². The number of amides is 2. The molecule has 0 aromatic heterocycles. The topological polar surface area (TPSA) is 49.4 Å². The van der Waals surface area contributed by atoms with Crippen LogP contribution >= 0.6 is 0 Å². The standard InChI is InChI=1S/C13H22N2O2/c1-8-4-5-11(6-9(8)2)15-7-12(16)14-10(3)13(15)17/h8-11H,4-7H2,1-3H3,(H,14,16). The smallest absolute Gasteiger partial charge is 0.245 e. The predicted molar refractivity (Wildman–Crippen MR) is 65.3 cm³/mol. The minimum Gasteiger partial charge on any atom is -0.343 e. The van der Waals surface area contributed by atoms with Crippen LogP contribution in [-0.2, 0) is 9.59 Å². The van der Waals surface area contributed by atoms with Crippen LogP contribution in [0, 0.1) is 11.8 Å². The van der Waals surface area contributed by atoms with Crippen LogP contribution in [0.4, 0.5) is 0 Å². The Balaban J connectivity index is 2.06. The second-order valence-electron chi connectivity index (χ2n) is 5.68. The number of hydrogen-bond acceptors (Lipinski definition) is 2. The van der Waals surface area contributed by atoms with E-state index in [1.54, 1.807) is 11.8 Å². The van der Waals surface area contributed by atoms with Crippen LogP contribution in [-0.4, -0.2) is 35.3 Å². The first-order chi connectivity index (χ1) is 7.99. The first kappa shape index (κ1) is 12.4. The zero-order valence-electron chi connectivity index (χ0n) is 10.9. The molecule has 4 nitrogen and oxygen atoms in total. The molecule has 0 radical (unpaired) electrons. The molecule has 1 aliphatic carbocycles. The Morgan fingerprint density at radius 2 is 1.82 bits per heavy atom. The van der Waals surface area contributed by atoms with Crippen LogP contribution in [0.25, 0.3) is 0 Å². The molecule has 4 unspecified atom stereocenters. The highest BCUT2D eigenvalue weighted by atomic mass is 16.2. The van der Waals surface area contributed by atoms with Crippen LogP contribution in [0.3, 0.4) is 0 Å². The van der Waals surface area contributed by atoms with E-state index < -0.39 is 0 Å². The van der Waals surface area contributed by atoms with Gasteiger partial charge in [-0.25, -0.2) is 0 Å². The molecule has 1 heterocycles. The van der Waals surface area contributed by atoms with Crippen molar-refractivity contribution in [2.75, 3.05) is 6.54 Å². The molecule has 1 aliphatic heterocycles. The first-order valence-corrected chi connectivity index (χ1v) is 6.59. The molecule has 1 saturated carbocycles. The van der Waals surface area contributed by atoms with Gasteiger partial charge in [0.25, 0.3) is 0 Å². The molecule has 0 spiro atoms. The maximum Gasteiger partial charge on any atom is 0.245 e. The number of nitrogens with zero attached hydrogens (tertiary/aromatic N) is 1. The number of nitrogens with one attached hydrogen (secondary N) is 1. The minimum atomic E-state index is -0.356. The number of hydrogen-bond donors (Lipinski definition) is 1. The Morgan fingerprint density at radius 1 is 1.12 bits per heavy atom. The summed E-state index contributed by atoms with van der Waals surface area (Å²) < 4.78 is 0. The lowest BCUT2D eigenvalue weighted by molar-refractivity contribution is -0.147. The zero-order chi connectivity index (χ0) is 12.6. The highest BCUT2D eigenvalue weighted by Crippen LogP contribution is 2.32. The lowest BCUT2D eigenvalue weighted by Gasteiger charge is -2.42. The molecule has 1 N–H and O–H groups in total. The third-order valence-corrected chi connectivity index (χ3v) is 4.36. The summed E-state index contributed by atoms with van der Waals surface area (Å²) in [6.45, 7) is 6.53. The van der Waals surface area contributed by atoms with Gasteiger partial charge in [-0.1, -0.05) is 13.8 Å². The van der Waals surface area contributed by atoms with Crippen LogP contribution in [0.2, 0.25) is 0 Å². The summed E-state index contributed by atoms with van der Waals surface area (Å²) in [5, 5.41) is 2.69. The number of carbonyl (C=O) groups is 2. The van der Waals surface area contributed by atoms with Crippen LogP contribution in [0.5, 0.6) is 0 Å². The van der Waals surface area contributed by atoms with E-state index in [4.69, 9.17) is 0 Å². The highest BCUT2D eigenvalue weighted by molar-refractivity contribution is 5.94. The molecule has 2 amide bonds. The van der Waals surface area contributed by atoms with Gasteiger partial charge < -0.3 is 10.2 Å². The van der Waals surface area contributed by atoms with Gasteiger partial charge in [0.05, 0.1) is 6.54 Å². The van der Waals surface area contributed by atoms with Crippen molar-refractivity contribution in [3.8, 4) is 0 Å². The van der Waals surface area contributed by atoms with Gasteiger partial charge in [0.2, 0.25) is 11.8 Å². The van der Waals surface area contributed by atoms with Crippen LogP contribution in [0.15, 0.2) is 0 Å². The SMILES string of the molecule is CC1NC(=O)CN(C2CCC(C)C(C)C2)C1=O. The van der Waals surface area contributed by atoms with Gasteiger partial charge in [-0.05, 0) is 38.0 Å². The molecular formula is C13H22N2O2. The lowest BCUT2D eigenvalue weighted by atomic mass is 9.78. The molecule has 0 aromatic rings. The molecule has 1 saturated heterocycles. The fraction of sp³-hybridized carbons (Fsp3) is 0.846. The van der Waals surface area contributed by atoms with Gasteiger partial charge in [0.1, 0.15) is 6.04 Å². The Bertz CT molecular complexity index is 329. The van der Waals surface area contributed by atoms with E-state index in [1.165, 1.54) is 0 Å². The van der Waals surface area contributed by atoms with Gasteiger partial charge in [-0.2, -0.15) is 0 Å². The van der Waals surface area contributed by atoms with Gasteiger partial charge in [-0.3, -0.25) is 9.59 Å². The summed E-state index contributed by atoms with van der Waals surface area (Å²) >= 11 is 0. The normalized spacial score (nSPS) is 39.1. The third-order valence-electron chi connectivity index (χ3n) is 4.36. The fourth-order valence-corrected chi connectivity index (χ4v) is 2.94. The van der Waals surface area contributed by atoms with E-state index in [0.717, 1.165) is 25.2 Å². The average Bonchev–Trinajstić information content (AvgIpc) is 2.27. The monoisotopic (exact) mass is 238 g/mol. The molecule has 2 rings (SSSR count). The molecule has 17 heavy (non-hydrogen) atoms. The summed E-state index contributed by atoms with van der Waals surface area (Å²) in [7, 11) is 0. The zero-order valence-corrected chi connectivity index (χ0v) is 10.9. The second-order valence-corrected chi connectivity index (χ2v) is 5.68. The molecule has 4 atom stereocenters. The Morgan fingerprint density at radius 3 is 2.47 bits per heavy atom. The number of rotatable bonds is 1. The van der Waals surface area contributed by atoms with E-state index >= 15 is 0 Å². The highest BCUT2D eigenvalue weighted by Gasteiger charge is 2.37. The van der Waals surface area contributed by atoms with Gasteiger partial charge in [0.15, 0.2) is 0 Å². The average molecular weight is 238 g/mol. The maximum absolute atomic E-state index is 12.1. The third kappa shape index (κ3) is 2.45. The molecule has 2 aliphatic rings. The summed E-state index contributed by atoms with van der Waals surface area (Å²) in [6, 6.07) is -0.0897. The second kappa shape index (κ2) is 4.67. The summed E-state index contributed by atoms with van der Waals surface area (Å²) in [5.74, 6) is 1.43. The first-order valence-electron chi connectivity index (χ1n) is 6.59. The number of piperazine rings is 1. The van der Waals surface area contributed by atoms with Crippen molar-refractivity contribution in [2.24, 2.45) is 11.8 Å². The maximum atomic E-state index is 12.1. The van der Waals surface area contributed by atoms with Crippen LogP contribution < -0.4 is 5.32 Å². The quantitative estimate of drug-likeness (QED) is 0.745. The molecule has 0 aromatic carbocycles. The van der Waals surface area contributed by atoms with Crippen molar-refractivity contribution in [1.29, 1.82) is 0 Å². The van der Waals surface area contributed by atoms with E-state index in [1.807, 2.05) is 0 Å². The fourth-order valence-electron chi connectivity index (χ4n) is 2.94. The number of carbonyl (C=O) groups excluding carboxylic acids is 2. The minimum absolute atomic E-state index is 0.0247. The molecule has 2 fully saturated rings. The van der Waals surface area contributed by atoms with Crippen molar-refractivity contribution in [3.05, 3.63) is 0 Å². The lowest BCUT2D eigenvalue weighted by Crippen LogP contribution is -2.60. The van der Waals surface area contributed by atoms with Gasteiger partial charge in [-0.15, -0.1) is 0 Å². The van der Waals surface area contributed by atoms with E-state index in [-0.39, 0.29) is 30.4 Å². The van der Waals surface area contributed by atoms with Crippen LogP contribution in [0.1, 0.15) is 40.0 Å². The Labute approximate surface area is 103 Å². The van der Waals surface area contributed by atoms with Gasteiger partial charge >= 0.3 is 0 Å². The van der Waals surface area contributed by atoms with Crippen molar-refractivity contribution >= 4 is 11.8 Å². The predicted octanol–water partition coefficient (Wildman–Crippen LogP) is 1.16. The summed E-state index contributed by atoms with van der Waals surface area (Å²) in [6.07, 6.45) is 3.23. The van der Waals surface area contributed by atoms with Crippen molar-refractivity contribution < 1.29 is 9.59 Å². The van der Waals surface area contributed by atoms with Crippen molar-refractivity contribution in [2.45, 2.75) is 52.1 Å². The van der Waals surface area contributed by atoms with Gasteiger partial charge in [0, 0.05) is 6.04 Å².